The summed E-state index contributed by atoms with van der Waals surface area (Å²) in [5.41, 5.74) is 1.97. The lowest BCUT2D eigenvalue weighted by atomic mass is 10.0. The van der Waals surface area contributed by atoms with Crippen LogP contribution in [0.15, 0.2) is 47.4 Å². The fraction of sp³-hybridized carbons (Fsp3) is 0.188. The standard InChI is InChI=1S/C16H15FN2O3S/c17-13-3-1-2-11(8-13)10-18-23(21,22)14-5-6-15-12(9-14)4-7-16(20)19-15/h1-3,5-6,8-9,18H,4,7,10H2,(H,19,20). The number of carbonyl (C=O) groups is 1. The third kappa shape index (κ3) is 3.57. The van der Waals surface area contributed by atoms with Crippen molar-refractivity contribution in [2.75, 3.05) is 5.32 Å². The van der Waals surface area contributed by atoms with Gasteiger partial charge in [-0.1, -0.05) is 12.1 Å². The van der Waals surface area contributed by atoms with Gasteiger partial charge in [0.15, 0.2) is 0 Å². The van der Waals surface area contributed by atoms with Crippen LogP contribution in [-0.4, -0.2) is 14.3 Å². The first-order valence-electron chi connectivity index (χ1n) is 7.11. The molecule has 1 heterocycles. The van der Waals surface area contributed by atoms with Gasteiger partial charge in [0.25, 0.3) is 0 Å². The van der Waals surface area contributed by atoms with Gasteiger partial charge in [-0.25, -0.2) is 17.5 Å². The molecule has 0 fully saturated rings. The van der Waals surface area contributed by atoms with E-state index in [-0.39, 0.29) is 17.3 Å². The summed E-state index contributed by atoms with van der Waals surface area (Å²) in [7, 11) is -3.70. The van der Waals surface area contributed by atoms with Crippen LogP contribution < -0.4 is 10.0 Å². The van der Waals surface area contributed by atoms with Crippen LogP contribution in [0.2, 0.25) is 0 Å². The number of rotatable bonds is 4. The maximum absolute atomic E-state index is 13.1. The minimum absolute atomic E-state index is 0.00785. The van der Waals surface area contributed by atoms with Gasteiger partial charge in [-0.3, -0.25) is 4.79 Å². The highest BCUT2D eigenvalue weighted by Gasteiger charge is 2.19. The number of halogens is 1. The summed E-state index contributed by atoms with van der Waals surface area (Å²) in [4.78, 5) is 11.5. The van der Waals surface area contributed by atoms with Gasteiger partial charge in [-0.15, -0.1) is 0 Å². The van der Waals surface area contributed by atoms with Crippen molar-refractivity contribution < 1.29 is 17.6 Å². The predicted molar refractivity (Wildman–Crippen MR) is 83.8 cm³/mol. The van der Waals surface area contributed by atoms with Crippen LogP contribution >= 0.6 is 0 Å². The monoisotopic (exact) mass is 334 g/mol. The molecule has 0 aromatic heterocycles. The lowest BCUT2D eigenvalue weighted by Crippen LogP contribution is -2.24. The van der Waals surface area contributed by atoms with Crippen molar-refractivity contribution >= 4 is 21.6 Å². The maximum Gasteiger partial charge on any atom is 0.240 e. The summed E-state index contributed by atoms with van der Waals surface area (Å²) in [6, 6.07) is 10.3. The van der Waals surface area contributed by atoms with Gasteiger partial charge >= 0.3 is 0 Å². The normalized spacial score (nSPS) is 14.2. The quantitative estimate of drug-likeness (QED) is 0.900. The Kier molecular flexibility index (Phi) is 4.14. The first-order chi connectivity index (χ1) is 10.9. The summed E-state index contributed by atoms with van der Waals surface area (Å²) in [5, 5.41) is 2.71. The van der Waals surface area contributed by atoms with Crippen molar-refractivity contribution in [3.63, 3.8) is 0 Å². The van der Waals surface area contributed by atoms with Gasteiger partial charge < -0.3 is 5.32 Å². The SMILES string of the molecule is O=C1CCc2cc(S(=O)(=O)NCc3cccc(F)c3)ccc2N1. The van der Waals surface area contributed by atoms with E-state index in [1.54, 1.807) is 18.2 Å². The van der Waals surface area contributed by atoms with E-state index in [4.69, 9.17) is 0 Å². The van der Waals surface area contributed by atoms with E-state index in [9.17, 15) is 17.6 Å². The molecule has 0 radical (unpaired) electrons. The largest absolute Gasteiger partial charge is 0.326 e. The highest BCUT2D eigenvalue weighted by Crippen LogP contribution is 2.25. The van der Waals surface area contributed by atoms with E-state index in [1.165, 1.54) is 24.3 Å². The van der Waals surface area contributed by atoms with Crippen LogP contribution in [0, 0.1) is 5.82 Å². The van der Waals surface area contributed by atoms with Crippen molar-refractivity contribution in [1.82, 2.24) is 4.72 Å². The van der Waals surface area contributed by atoms with Crippen molar-refractivity contribution in [2.24, 2.45) is 0 Å². The highest BCUT2D eigenvalue weighted by atomic mass is 32.2. The Labute approximate surface area is 133 Å². The van der Waals surface area contributed by atoms with Crippen LogP contribution in [0.1, 0.15) is 17.5 Å². The number of anilines is 1. The number of benzene rings is 2. The average Bonchev–Trinajstić information content (AvgIpc) is 2.52. The van der Waals surface area contributed by atoms with Gasteiger partial charge in [0.05, 0.1) is 4.90 Å². The van der Waals surface area contributed by atoms with E-state index in [2.05, 4.69) is 10.0 Å². The Morgan fingerprint density at radius 3 is 2.74 bits per heavy atom. The second-order valence-corrected chi connectivity index (χ2v) is 7.09. The molecule has 2 N–H and O–H groups in total. The van der Waals surface area contributed by atoms with Gasteiger partial charge in [-0.05, 0) is 47.9 Å². The molecule has 2 aromatic carbocycles. The first kappa shape index (κ1) is 15.6. The molecule has 1 aliphatic heterocycles. The summed E-state index contributed by atoms with van der Waals surface area (Å²) in [6.07, 6.45) is 0.849. The highest BCUT2D eigenvalue weighted by molar-refractivity contribution is 7.89. The number of aryl methyl sites for hydroxylation is 1. The number of sulfonamides is 1. The topological polar surface area (TPSA) is 75.3 Å². The molecule has 0 saturated carbocycles. The maximum atomic E-state index is 13.1. The van der Waals surface area contributed by atoms with E-state index in [0.717, 1.165) is 5.56 Å². The predicted octanol–water partition coefficient (Wildman–Crippen LogP) is 2.19. The molecular formula is C16H15FN2O3S. The van der Waals surface area contributed by atoms with Crippen LogP contribution in [0.25, 0.3) is 0 Å². The number of carbonyl (C=O) groups excluding carboxylic acids is 1. The molecule has 0 atom stereocenters. The van der Waals surface area contributed by atoms with E-state index < -0.39 is 15.8 Å². The Bertz CT molecular complexity index is 865. The first-order valence-corrected chi connectivity index (χ1v) is 8.59. The van der Waals surface area contributed by atoms with E-state index >= 15 is 0 Å². The van der Waals surface area contributed by atoms with E-state index in [1.807, 2.05) is 0 Å². The zero-order valence-corrected chi connectivity index (χ0v) is 13.0. The summed E-state index contributed by atoms with van der Waals surface area (Å²) < 4.78 is 40.3. The molecular weight excluding hydrogens is 319 g/mol. The van der Waals surface area contributed by atoms with Gasteiger partial charge in [-0.2, -0.15) is 0 Å². The van der Waals surface area contributed by atoms with Gasteiger partial charge in [0, 0.05) is 18.7 Å². The van der Waals surface area contributed by atoms with Crippen molar-refractivity contribution in [3.8, 4) is 0 Å². The number of hydrogen-bond acceptors (Lipinski definition) is 3. The number of nitrogens with one attached hydrogen (secondary N) is 2. The molecule has 0 saturated heterocycles. The molecule has 5 nitrogen and oxygen atoms in total. The second kappa shape index (κ2) is 6.10. The molecule has 23 heavy (non-hydrogen) atoms. The van der Waals surface area contributed by atoms with Gasteiger partial charge in [0.1, 0.15) is 5.82 Å². The lowest BCUT2D eigenvalue weighted by molar-refractivity contribution is -0.116. The molecule has 1 aliphatic rings. The Hall–Kier alpha value is -2.25. The van der Waals surface area contributed by atoms with Crippen molar-refractivity contribution in [3.05, 3.63) is 59.4 Å². The number of hydrogen-bond donors (Lipinski definition) is 2. The molecule has 120 valence electrons. The van der Waals surface area contributed by atoms with Crippen LogP contribution in [-0.2, 0) is 27.8 Å². The number of fused-ring (bicyclic) bond motifs is 1. The van der Waals surface area contributed by atoms with Crippen LogP contribution in [0.4, 0.5) is 10.1 Å². The minimum atomic E-state index is -3.70. The van der Waals surface area contributed by atoms with Crippen molar-refractivity contribution in [1.29, 1.82) is 0 Å². The van der Waals surface area contributed by atoms with Crippen LogP contribution in [0.5, 0.6) is 0 Å². The molecule has 3 rings (SSSR count). The molecule has 1 amide bonds. The third-order valence-corrected chi connectivity index (χ3v) is 5.04. The van der Waals surface area contributed by atoms with Gasteiger partial charge in [0.2, 0.25) is 15.9 Å². The van der Waals surface area contributed by atoms with Crippen molar-refractivity contribution in [2.45, 2.75) is 24.3 Å². The zero-order valence-electron chi connectivity index (χ0n) is 12.2. The summed E-state index contributed by atoms with van der Waals surface area (Å²) >= 11 is 0. The Morgan fingerprint density at radius 1 is 1.13 bits per heavy atom. The average molecular weight is 334 g/mol. The molecule has 0 spiro atoms. The Morgan fingerprint density at radius 2 is 1.96 bits per heavy atom. The fourth-order valence-electron chi connectivity index (χ4n) is 2.44. The lowest BCUT2D eigenvalue weighted by Gasteiger charge is -2.17. The minimum Gasteiger partial charge on any atom is -0.326 e. The molecule has 2 aromatic rings. The smallest absolute Gasteiger partial charge is 0.240 e. The third-order valence-electron chi connectivity index (χ3n) is 3.64. The summed E-state index contributed by atoms with van der Waals surface area (Å²) in [6.45, 7) is 0.00785. The van der Waals surface area contributed by atoms with E-state index in [0.29, 0.717) is 24.1 Å². The second-order valence-electron chi connectivity index (χ2n) is 5.32. The zero-order chi connectivity index (χ0) is 16.4. The summed E-state index contributed by atoms with van der Waals surface area (Å²) in [5.74, 6) is -0.483. The molecule has 0 unspecified atom stereocenters. The Balaban J connectivity index is 1.78. The number of amides is 1. The van der Waals surface area contributed by atoms with Crippen LogP contribution in [0.3, 0.4) is 0 Å². The molecule has 0 aliphatic carbocycles. The fourth-order valence-corrected chi connectivity index (χ4v) is 3.50. The molecule has 0 bridgehead atoms. The molecule has 7 heteroatoms.